The first-order valence-electron chi connectivity index (χ1n) is 5.07. The van der Waals surface area contributed by atoms with Crippen LogP contribution in [0.5, 0.6) is 5.75 Å². The number of fused-ring (bicyclic) bond motifs is 1. The number of benzene rings is 1. The van der Waals surface area contributed by atoms with Gasteiger partial charge in [-0.15, -0.1) is 0 Å². The van der Waals surface area contributed by atoms with Gasteiger partial charge in [-0.2, -0.15) is 0 Å². The van der Waals surface area contributed by atoms with Crippen molar-refractivity contribution < 1.29 is 9.53 Å². The average Bonchev–Trinajstić information content (AvgIpc) is 2.32. The van der Waals surface area contributed by atoms with Crippen LogP contribution in [0.1, 0.15) is 0 Å². The topological polar surface area (TPSA) is 74.3 Å². The summed E-state index contributed by atoms with van der Waals surface area (Å²) in [4.78, 5) is 22.8. The van der Waals surface area contributed by atoms with Crippen molar-refractivity contribution in [1.29, 1.82) is 0 Å². The van der Waals surface area contributed by atoms with Crippen LogP contribution in [0.2, 0.25) is 0 Å². The molecule has 2 rings (SSSR count). The second-order valence-corrected chi connectivity index (χ2v) is 3.67. The number of aromatic nitrogens is 1. The highest BCUT2D eigenvalue weighted by molar-refractivity contribution is 5.83. The molecule has 2 aromatic rings. The van der Waals surface area contributed by atoms with Crippen LogP contribution in [0.25, 0.3) is 10.8 Å². The van der Waals surface area contributed by atoms with Gasteiger partial charge in [0, 0.05) is 11.6 Å². The SMILES string of the molecule is COc1ccc2c(=O)n(CC(N)=O)ccc2c1. The summed E-state index contributed by atoms with van der Waals surface area (Å²) in [6.45, 7) is -0.110. The van der Waals surface area contributed by atoms with E-state index in [1.54, 1.807) is 37.6 Å². The molecular weight excluding hydrogens is 220 g/mol. The minimum absolute atomic E-state index is 0.110. The van der Waals surface area contributed by atoms with Crippen LogP contribution >= 0.6 is 0 Å². The Bertz CT molecular complexity index is 631. The predicted octanol–water partition coefficient (Wildman–Crippen LogP) is 0.495. The van der Waals surface area contributed by atoms with Crippen LogP contribution in [0.3, 0.4) is 0 Å². The molecule has 0 aliphatic heterocycles. The summed E-state index contributed by atoms with van der Waals surface area (Å²) in [7, 11) is 1.56. The van der Waals surface area contributed by atoms with Crippen molar-refractivity contribution in [3.05, 3.63) is 40.8 Å². The molecular formula is C12H12N2O3. The Morgan fingerprint density at radius 2 is 2.18 bits per heavy atom. The molecule has 0 saturated carbocycles. The van der Waals surface area contributed by atoms with Crippen molar-refractivity contribution in [2.75, 3.05) is 7.11 Å². The van der Waals surface area contributed by atoms with E-state index in [2.05, 4.69) is 0 Å². The van der Waals surface area contributed by atoms with Gasteiger partial charge in [-0.3, -0.25) is 9.59 Å². The summed E-state index contributed by atoms with van der Waals surface area (Å²) < 4.78 is 6.36. The van der Waals surface area contributed by atoms with Gasteiger partial charge >= 0.3 is 0 Å². The van der Waals surface area contributed by atoms with Gasteiger partial charge < -0.3 is 15.0 Å². The standard InChI is InChI=1S/C12H12N2O3/c1-17-9-2-3-10-8(6-9)4-5-14(12(10)16)7-11(13)15/h2-6H,7H2,1H3,(H2,13,15). The number of methoxy groups -OCH3 is 1. The van der Waals surface area contributed by atoms with Crippen molar-refractivity contribution in [1.82, 2.24) is 4.57 Å². The zero-order valence-electron chi connectivity index (χ0n) is 9.34. The second kappa shape index (κ2) is 4.29. The van der Waals surface area contributed by atoms with Crippen LogP contribution in [-0.4, -0.2) is 17.6 Å². The zero-order chi connectivity index (χ0) is 12.4. The largest absolute Gasteiger partial charge is 0.497 e. The van der Waals surface area contributed by atoms with Crippen LogP contribution < -0.4 is 16.0 Å². The number of nitrogens with two attached hydrogens (primary N) is 1. The Hall–Kier alpha value is -2.30. The normalized spacial score (nSPS) is 10.4. The fourth-order valence-corrected chi connectivity index (χ4v) is 1.69. The molecule has 0 radical (unpaired) electrons. The summed E-state index contributed by atoms with van der Waals surface area (Å²) >= 11 is 0. The first-order valence-corrected chi connectivity index (χ1v) is 5.07. The van der Waals surface area contributed by atoms with Gasteiger partial charge in [0.2, 0.25) is 5.91 Å². The summed E-state index contributed by atoms with van der Waals surface area (Å²) in [5, 5.41) is 1.31. The number of hydrogen-bond donors (Lipinski definition) is 1. The minimum Gasteiger partial charge on any atom is -0.497 e. The van der Waals surface area contributed by atoms with E-state index in [0.29, 0.717) is 11.1 Å². The maximum absolute atomic E-state index is 12.0. The number of pyridine rings is 1. The lowest BCUT2D eigenvalue weighted by molar-refractivity contribution is -0.118. The van der Waals surface area contributed by atoms with Crippen molar-refractivity contribution in [3.8, 4) is 5.75 Å². The number of hydrogen-bond acceptors (Lipinski definition) is 3. The molecule has 1 heterocycles. The third kappa shape index (κ3) is 2.13. The van der Waals surface area contributed by atoms with Gasteiger partial charge in [0.05, 0.1) is 7.11 Å². The van der Waals surface area contributed by atoms with Crippen LogP contribution in [0, 0.1) is 0 Å². The summed E-state index contributed by atoms with van der Waals surface area (Å²) in [6, 6.07) is 6.90. The number of nitrogens with zero attached hydrogens (tertiary/aromatic N) is 1. The molecule has 0 bridgehead atoms. The van der Waals surface area contributed by atoms with E-state index in [1.807, 2.05) is 0 Å². The van der Waals surface area contributed by atoms with Crippen molar-refractivity contribution >= 4 is 16.7 Å². The van der Waals surface area contributed by atoms with Crippen molar-refractivity contribution in [3.63, 3.8) is 0 Å². The summed E-state index contributed by atoms with van der Waals surface area (Å²) in [5.74, 6) is 0.143. The number of carbonyl (C=O) groups excluding carboxylic acids is 1. The van der Waals surface area contributed by atoms with E-state index in [0.717, 1.165) is 5.39 Å². The zero-order valence-corrected chi connectivity index (χ0v) is 9.34. The highest BCUT2D eigenvalue weighted by atomic mass is 16.5. The third-order valence-electron chi connectivity index (χ3n) is 2.51. The quantitative estimate of drug-likeness (QED) is 0.837. The minimum atomic E-state index is -0.542. The highest BCUT2D eigenvalue weighted by Crippen LogP contribution is 2.17. The van der Waals surface area contributed by atoms with E-state index in [9.17, 15) is 9.59 Å². The second-order valence-electron chi connectivity index (χ2n) is 3.67. The molecule has 1 amide bonds. The number of rotatable bonds is 3. The number of ether oxygens (including phenoxy) is 1. The Morgan fingerprint density at radius 1 is 1.41 bits per heavy atom. The Morgan fingerprint density at radius 3 is 2.82 bits per heavy atom. The first-order chi connectivity index (χ1) is 8.11. The predicted molar refractivity (Wildman–Crippen MR) is 64.0 cm³/mol. The maximum atomic E-state index is 12.0. The molecule has 0 spiro atoms. The first kappa shape index (κ1) is 11.2. The average molecular weight is 232 g/mol. The maximum Gasteiger partial charge on any atom is 0.258 e. The lowest BCUT2D eigenvalue weighted by Crippen LogP contribution is -2.27. The van der Waals surface area contributed by atoms with Gasteiger partial charge in [-0.25, -0.2) is 0 Å². The molecule has 0 fully saturated rings. The van der Waals surface area contributed by atoms with E-state index in [-0.39, 0.29) is 12.1 Å². The van der Waals surface area contributed by atoms with Crippen LogP contribution in [-0.2, 0) is 11.3 Å². The fraction of sp³-hybridized carbons (Fsp3) is 0.167. The summed E-state index contributed by atoms with van der Waals surface area (Å²) in [6.07, 6.45) is 1.55. The molecule has 17 heavy (non-hydrogen) atoms. The summed E-state index contributed by atoms with van der Waals surface area (Å²) in [5.41, 5.74) is 4.83. The van der Waals surface area contributed by atoms with Gasteiger partial charge in [0.1, 0.15) is 12.3 Å². The Balaban J connectivity index is 2.60. The van der Waals surface area contributed by atoms with Crippen molar-refractivity contribution in [2.24, 2.45) is 5.73 Å². The molecule has 5 nitrogen and oxygen atoms in total. The molecule has 0 saturated heterocycles. The van der Waals surface area contributed by atoms with E-state index in [1.165, 1.54) is 4.57 Å². The number of amides is 1. The van der Waals surface area contributed by atoms with Crippen LogP contribution in [0.15, 0.2) is 35.3 Å². The van der Waals surface area contributed by atoms with Gasteiger partial charge in [-0.05, 0) is 29.7 Å². The molecule has 0 atom stereocenters. The molecule has 1 aromatic heterocycles. The van der Waals surface area contributed by atoms with Crippen LogP contribution in [0.4, 0.5) is 0 Å². The molecule has 5 heteroatoms. The molecule has 0 unspecified atom stereocenters. The number of carbonyl (C=O) groups is 1. The molecule has 88 valence electrons. The lowest BCUT2D eigenvalue weighted by Gasteiger charge is -2.06. The van der Waals surface area contributed by atoms with Crippen molar-refractivity contribution in [2.45, 2.75) is 6.54 Å². The van der Waals surface area contributed by atoms with Gasteiger partial charge in [-0.1, -0.05) is 0 Å². The van der Waals surface area contributed by atoms with Gasteiger partial charge in [0.25, 0.3) is 5.56 Å². The lowest BCUT2D eigenvalue weighted by atomic mass is 10.1. The fourth-order valence-electron chi connectivity index (χ4n) is 1.69. The number of primary amides is 1. The molecule has 0 aliphatic carbocycles. The van der Waals surface area contributed by atoms with Gasteiger partial charge in [0.15, 0.2) is 0 Å². The Labute approximate surface area is 97.4 Å². The third-order valence-corrected chi connectivity index (χ3v) is 2.51. The Kier molecular flexibility index (Phi) is 2.82. The van der Waals surface area contributed by atoms with E-state index in [4.69, 9.17) is 10.5 Å². The molecule has 2 N–H and O–H groups in total. The van der Waals surface area contributed by atoms with E-state index < -0.39 is 5.91 Å². The molecule has 1 aromatic carbocycles. The smallest absolute Gasteiger partial charge is 0.258 e. The monoisotopic (exact) mass is 232 g/mol. The highest BCUT2D eigenvalue weighted by Gasteiger charge is 2.05. The molecule has 0 aliphatic rings. The van der Waals surface area contributed by atoms with E-state index >= 15 is 0 Å².